The van der Waals surface area contributed by atoms with Gasteiger partial charge in [0.15, 0.2) is 9.84 Å². The predicted molar refractivity (Wildman–Crippen MR) is 76.3 cm³/mol. The second-order valence-corrected chi connectivity index (χ2v) is 8.66. The normalized spacial score (nSPS) is 33.8. The highest BCUT2D eigenvalue weighted by Crippen LogP contribution is 2.38. The third-order valence-corrected chi connectivity index (χ3v) is 7.85. The quantitative estimate of drug-likeness (QED) is 0.797. The van der Waals surface area contributed by atoms with Crippen molar-refractivity contribution in [2.24, 2.45) is 11.8 Å². The van der Waals surface area contributed by atoms with Gasteiger partial charge in [-0.3, -0.25) is 0 Å². The molecule has 19 heavy (non-hydrogen) atoms. The first-order chi connectivity index (χ1) is 9.09. The highest BCUT2D eigenvalue weighted by Gasteiger charge is 2.42. The van der Waals surface area contributed by atoms with Crippen molar-refractivity contribution in [3.05, 3.63) is 0 Å². The van der Waals surface area contributed by atoms with Crippen LogP contribution in [0.2, 0.25) is 0 Å². The van der Waals surface area contributed by atoms with Gasteiger partial charge in [-0.05, 0) is 38.0 Å². The molecule has 0 spiro atoms. The van der Waals surface area contributed by atoms with Crippen molar-refractivity contribution in [3.63, 3.8) is 0 Å². The van der Waals surface area contributed by atoms with Crippen molar-refractivity contribution in [2.75, 3.05) is 0 Å². The Morgan fingerprint density at radius 1 is 1.11 bits per heavy atom. The van der Waals surface area contributed by atoms with Crippen molar-refractivity contribution in [2.45, 2.75) is 75.2 Å². The third-order valence-electron chi connectivity index (χ3n) is 5.08. The van der Waals surface area contributed by atoms with E-state index in [0.717, 1.165) is 51.4 Å². The van der Waals surface area contributed by atoms with Crippen LogP contribution in [0.25, 0.3) is 0 Å². The van der Waals surface area contributed by atoms with Gasteiger partial charge >= 0.3 is 0 Å². The van der Waals surface area contributed by atoms with Crippen LogP contribution in [-0.2, 0) is 9.84 Å². The van der Waals surface area contributed by atoms with Crippen LogP contribution in [0.15, 0.2) is 0 Å². The largest absolute Gasteiger partial charge is 0.228 e. The Kier molecular flexibility index (Phi) is 4.89. The smallest absolute Gasteiger partial charge is 0.157 e. The fourth-order valence-corrected chi connectivity index (χ4v) is 6.41. The zero-order valence-electron chi connectivity index (χ0n) is 11.8. The van der Waals surface area contributed by atoms with Crippen LogP contribution in [0.4, 0.5) is 0 Å². The molecule has 2 aliphatic carbocycles. The van der Waals surface area contributed by atoms with Gasteiger partial charge in [0.1, 0.15) is 0 Å². The summed E-state index contributed by atoms with van der Waals surface area (Å²) in [6, 6.07) is 2.26. The highest BCUT2D eigenvalue weighted by molar-refractivity contribution is 7.92. The zero-order chi connectivity index (χ0) is 13.9. The van der Waals surface area contributed by atoms with Crippen molar-refractivity contribution < 1.29 is 8.42 Å². The maximum Gasteiger partial charge on any atom is 0.157 e. The molecule has 2 saturated carbocycles. The van der Waals surface area contributed by atoms with Gasteiger partial charge in [0.25, 0.3) is 0 Å². The van der Waals surface area contributed by atoms with Gasteiger partial charge < -0.3 is 0 Å². The second kappa shape index (κ2) is 6.26. The molecular formula is C15H25NO2S. The molecular weight excluding hydrogens is 258 g/mol. The average Bonchev–Trinajstić information content (AvgIpc) is 2.47. The van der Waals surface area contributed by atoms with E-state index in [2.05, 4.69) is 13.0 Å². The van der Waals surface area contributed by atoms with E-state index in [1.807, 2.05) is 0 Å². The minimum atomic E-state index is -3.11. The van der Waals surface area contributed by atoms with Gasteiger partial charge in [0, 0.05) is 0 Å². The summed E-state index contributed by atoms with van der Waals surface area (Å²) in [4.78, 5) is 0. The van der Waals surface area contributed by atoms with Crippen LogP contribution >= 0.6 is 0 Å². The van der Waals surface area contributed by atoms with Gasteiger partial charge in [0.2, 0.25) is 0 Å². The van der Waals surface area contributed by atoms with Gasteiger partial charge in [0.05, 0.1) is 22.5 Å². The number of nitriles is 1. The molecule has 108 valence electrons. The lowest BCUT2D eigenvalue weighted by molar-refractivity contribution is 0.305. The maximum atomic E-state index is 12.8. The Bertz CT molecular complexity index is 432. The minimum absolute atomic E-state index is 0.169. The van der Waals surface area contributed by atoms with E-state index in [-0.39, 0.29) is 16.4 Å². The molecule has 2 rings (SSSR count). The number of nitrogens with zero attached hydrogens (tertiary/aromatic N) is 1. The first-order valence-corrected chi connectivity index (χ1v) is 9.32. The molecule has 0 heterocycles. The third kappa shape index (κ3) is 3.13. The average molecular weight is 283 g/mol. The van der Waals surface area contributed by atoms with Crippen molar-refractivity contribution in [3.8, 4) is 6.07 Å². The molecule has 0 aromatic carbocycles. The van der Waals surface area contributed by atoms with E-state index >= 15 is 0 Å². The topological polar surface area (TPSA) is 57.9 Å². The lowest BCUT2D eigenvalue weighted by Gasteiger charge is -2.35. The van der Waals surface area contributed by atoms with Gasteiger partial charge in [-0.1, -0.05) is 32.6 Å². The number of sulfone groups is 1. The van der Waals surface area contributed by atoms with E-state index in [1.54, 1.807) is 0 Å². The minimum Gasteiger partial charge on any atom is -0.228 e. The second-order valence-electron chi connectivity index (χ2n) is 6.21. The molecule has 0 radical (unpaired) electrons. The molecule has 0 bridgehead atoms. The zero-order valence-corrected chi connectivity index (χ0v) is 12.7. The monoisotopic (exact) mass is 283 g/mol. The summed E-state index contributed by atoms with van der Waals surface area (Å²) < 4.78 is 25.6. The van der Waals surface area contributed by atoms with Crippen LogP contribution in [0.1, 0.15) is 64.7 Å². The summed E-state index contributed by atoms with van der Waals surface area (Å²) in [6.07, 6.45) is 8.40. The summed E-state index contributed by atoms with van der Waals surface area (Å²) in [5.74, 6) is 0.225. The maximum absolute atomic E-state index is 12.8. The molecule has 0 aromatic heterocycles. The lowest BCUT2D eigenvalue weighted by atomic mass is 9.81. The van der Waals surface area contributed by atoms with Crippen molar-refractivity contribution >= 4 is 9.84 Å². The number of hydrogen-bond donors (Lipinski definition) is 0. The van der Waals surface area contributed by atoms with E-state index in [1.165, 1.54) is 0 Å². The van der Waals surface area contributed by atoms with E-state index in [0.29, 0.717) is 12.3 Å². The van der Waals surface area contributed by atoms with Crippen LogP contribution in [-0.4, -0.2) is 18.9 Å². The first-order valence-electron chi connectivity index (χ1n) is 7.72. The van der Waals surface area contributed by atoms with Gasteiger partial charge in [-0.25, -0.2) is 8.42 Å². The fraction of sp³-hybridized carbons (Fsp3) is 0.933. The van der Waals surface area contributed by atoms with E-state index in [9.17, 15) is 13.7 Å². The summed E-state index contributed by atoms with van der Waals surface area (Å²) in [7, 11) is -3.11. The molecule has 4 heteroatoms. The molecule has 2 fully saturated rings. The standard InChI is InChI=1S/C15H25NO2S/c1-2-12-8-9-13(11-16)15(10-12)19(17,18)14-6-4-3-5-7-14/h12-15H,2-10H2,1H3. The van der Waals surface area contributed by atoms with Crippen LogP contribution in [0.3, 0.4) is 0 Å². The Morgan fingerprint density at radius 2 is 1.79 bits per heavy atom. The summed E-state index contributed by atoms with van der Waals surface area (Å²) in [5.41, 5.74) is 0. The number of hydrogen-bond acceptors (Lipinski definition) is 3. The molecule has 0 aliphatic heterocycles. The van der Waals surface area contributed by atoms with Gasteiger partial charge in [-0.2, -0.15) is 5.26 Å². The molecule has 0 amide bonds. The fourth-order valence-electron chi connectivity index (χ4n) is 3.73. The van der Waals surface area contributed by atoms with Crippen LogP contribution in [0.5, 0.6) is 0 Å². The van der Waals surface area contributed by atoms with Crippen LogP contribution < -0.4 is 0 Å². The Hall–Kier alpha value is -0.560. The predicted octanol–water partition coefficient (Wildman–Crippen LogP) is 3.45. The molecule has 0 saturated heterocycles. The van der Waals surface area contributed by atoms with Crippen LogP contribution in [0, 0.1) is 23.2 Å². The molecule has 0 N–H and O–H groups in total. The first kappa shape index (κ1) is 14.8. The Balaban J connectivity index is 2.17. The molecule has 3 atom stereocenters. The molecule has 2 aliphatic rings. The molecule has 3 nitrogen and oxygen atoms in total. The SMILES string of the molecule is CCC1CCC(C#N)C(S(=O)(=O)C2CCCCC2)C1. The Morgan fingerprint density at radius 3 is 2.37 bits per heavy atom. The highest BCUT2D eigenvalue weighted by atomic mass is 32.2. The number of rotatable bonds is 3. The molecule has 3 unspecified atom stereocenters. The summed E-state index contributed by atoms with van der Waals surface area (Å²) in [5, 5.41) is 8.71. The van der Waals surface area contributed by atoms with Gasteiger partial charge in [-0.15, -0.1) is 0 Å². The van der Waals surface area contributed by atoms with E-state index in [4.69, 9.17) is 0 Å². The molecule has 0 aromatic rings. The lowest BCUT2D eigenvalue weighted by Crippen LogP contribution is -2.41. The summed E-state index contributed by atoms with van der Waals surface area (Å²) >= 11 is 0. The summed E-state index contributed by atoms with van der Waals surface area (Å²) in [6.45, 7) is 2.13. The van der Waals surface area contributed by atoms with Crippen molar-refractivity contribution in [1.82, 2.24) is 0 Å². The van der Waals surface area contributed by atoms with Crippen molar-refractivity contribution in [1.29, 1.82) is 5.26 Å². The Labute approximate surface area is 117 Å². The van der Waals surface area contributed by atoms with E-state index < -0.39 is 9.84 Å².